The van der Waals surface area contributed by atoms with Gasteiger partial charge in [-0.25, -0.2) is 4.79 Å². The highest BCUT2D eigenvalue weighted by atomic mass is 32.2. The first-order valence-electron chi connectivity index (χ1n) is 14.0. The minimum absolute atomic E-state index is 0.00342. The molecule has 5 heterocycles. The van der Waals surface area contributed by atoms with Gasteiger partial charge < -0.3 is 20.9 Å². The van der Waals surface area contributed by atoms with Gasteiger partial charge in [0.05, 0.1) is 16.3 Å². The molecule has 4 aliphatic heterocycles. The normalized spacial score (nSPS) is 29.5. The molecule has 202 valence electrons. The third-order valence-electron chi connectivity index (χ3n) is 8.66. The van der Waals surface area contributed by atoms with E-state index < -0.39 is 0 Å². The number of hydrogen-bond donors (Lipinski definition) is 3. The van der Waals surface area contributed by atoms with Crippen LogP contribution in [0.4, 0.5) is 10.5 Å². The Bertz CT molecular complexity index is 1160. The summed E-state index contributed by atoms with van der Waals surface area (Å²) in [6.07, 6.45) is 11.7. The zero-order valence-corrected chi connectivity index (χ0v) is 22.5. The van der Waals surface area contributed by atoms with E-state index in [1.807, 2.05) is 17.2 Å². The molecule has 4 amide bonds. The fraction of sp³-hybridized carbons (Fsp3) is 0.571. The fourth-order valence-electron chi connectivity index (χ4n) is 6.81. The largest absolute Gasteiger partial charge is 0.347 e. The van der Waals surface area contributed by atoms with E-state index in [-0.39, 0.29) is 41.2 Å². The molecular formula is C28H36N6O3S. The topological polar surface area (TPSA) is 107 Å². The van der Waals surface area contributed by atoms with Gasteiger partial charge in [0.1, 0.15) is 0 Å². The Balaban J connectivity index is 1.22. The average Bonchev–Trinajstić information content (AvgIpc) is 3.33. The Labute approximate surface area is 227 Å². The zero-order valence-electron chi connectivity index (χ0n) is 21.7. The van der Waals surface area contributed by atoms with E-state index in [0.29, 0.717) is 23.9 Å². The molecule has 3 saturated heterocycles. The van der Waals surface area contributed by atoms with Crippen molar-refractivity contribution in [3.8, 4) is 0 Å². The smallest absolute Gasteiger partial charge is 0.326 e. The average molecular weight is 537 g/mol. The minimum atomic E-state index is -0.184. The third kappa shape index (κ3) is 4.73. The summed E-state index contributed by atoms with van der Waals surface area (Å²) in [5.74, 6) is 0.183. The second-order valence-electron chi connectivity index (χ2n) is 11.0. The number of likely N-dealkylation sites (tertiary alicyclic amines) is 1. The van der Waals surface area contributed by atoms with Crippen LogP contribution in [0.5, 0.6) is 0 Å². The molecular weight excluding hydrogens is 500 g/mol. The molecule has 9 nitrogen and oxygen atoms in total. The quantitative estimate of drug-likeness (QED) is 0.499. The molecule has 38 heavy (non-hydrogen) atoms. The van der Waals surface area contributed by atoms with Crippen molar-refractivity contribution >= 4 is 35.3 Å². The van der Waals surface area contributed by atoms with Gasteiger partial charge in [-0.3, -0.25) is 19.5 Å². The summed E-state index contributed by atoms with van der Waals surface area (Å²) in [7, 11) is 0. The van der Waals surface area contributed by atoms with Crippen LogP contribution in [0.25, 0.3) is 0 Å². The van der Waals surface area contributed by atoms with E-state index in [9.17, 15) is 14.4 Å². The number of amides is 4. The van der Waals surface area contributed by atoms with Crippen LogP contribution in [0, 0.1) is 5.92 Å². The molecule has 0 aromatic carbocycles. The molecule has 4 fully saturated rings. The van der Waals surface area contributed by atoms with E-state index in [1.54, 1.807) is 4.90 Å². The summed E-state index contributed by atoms with van der Waals surface area (Å²) in [6, 6.07) is 3.71. The Hall–Kier alpha value is -2.85. The molecule has 1 saturated carbocycles. The Morgan fingerprint density at radius 2 is 2.00 bits per heavy atom. The number of nitrogens with one attached hydrogen (secondary N) is 3. The van der Waals surface area contributed by atoms with Crippen LogP contribution in [0.2, 0.25) is 0 Å². The summed E-state index contributed by atoms with van der Waals surface area (Å²) in [6.45, 7) is 5.52. The minimum Gasteiger partial charge on any atom is -0.347 e. The summed E-state index contributed by atoms with van der Waals surface area (Å²) in [4.78, 5) is 48.0. The number of hydrogen-bond acceptors (Lipinski definition) is 6. The molecule has 3 unspecified atom stereocenters. The molecule has 1 aliphatic carbocycles. The number of anilines is 1. The van der Waals surface area contributed by atoms with Crippen LogP contribution >= 0.6 is 11.8 Å². The first-order valence-corrected chi connectivity index (χ1v) is 14.8. The maximum absolute atomic E-state index is 13.6. The molecule has 5 aliphatic rings. The third-order valence-corrected chi connectivity index (χ3v) is 10.0. The summed E-state index contributed by atoms with van der Waals surface area (Å²) in [5.41, 5.74) is 2.70. The number of carbonyl (C=O) groups is 3. The van der Waals surface area contributed by atoms with Crippen LogP contribution in [-0.4, -0.2) is 64.8 Å². The number of pyridine rings is 1. The highest BCUT2D eigenvalue weighted by Gasteiger charge is 2.52. The predicted octanol–water partition coefficient (Wildman–Crippen LogP) is 3.21. The van der Waals surface area contributed by atoms with Crippen molar-refractivity contribution in [2.24, 2.45) is 5.92 Å². The highest BCUT2D eigenvalue weighted by molar-refractivity contribution is 8.04. The van der Waals surface area contributed by atoms with Gasteiger partial charge in [0.15, 0.2) is 0 Å². The van der Waals surface area contributed by atoms with Crippen molar-refractivity contribution in [2.75, 3.05) is 24.5 Å². The Morgan fingerprint density at radius 1 is 1.16 bits per heavy atom. The molecule has 6 rings (SSSR count). The first-order chi connectivity index (χ1) is 18.5. The van der Waals surface area contributed by atoms with Crippen molar-refractivity contribution in [3.05, 3.63) is 47.3 Å². The summed E-state index contributed by atoms with van der Waals surface area (Å²) >= 11 is 1.51. The van der Waals surface area contributed by atoms with Crippen molar-refractivity contribution in [1.29, 1.82) is 0 Å². The maximum Gasteiger partial charge on any atom is 0.326 e. The lowest BCUT2D eigenvalue weighted by atomic mass is 9.85. The Morgan fingerprint density at radius 3 is 2.82 bits per heavy atom. The van der Waals surface area contributed by atoms with Crippen LogP contribution < -0.4 is 20.9 Å². The lowest BCUT2D eigenvalue weighted by Gasteiger charge is -2.46. The molecule has 1 aromatic rings. The summed E-state index contributed by atoms with van der Waals surface area (Å²) < 4.78 is 0. The number of nitrogens with zero attached hydrogens (tertiary/aromatic N) is 3. The van der Waals surface area contributed by atoms with E-state index >= 15 is 0 Å². The Kier molecular flexibility index (Phi) is 7.18. The van der Waals surface area contributed by atoms with E-state index in [0.717, 1.165) is 55.7 Å². The monoisotopic (exact) mass is 536 g/mol. The van der Waals surface area contributed by atoms with Gasteiger partial charge in [-0.15, -0.1) is 0 Å². The van der Waals surface area contributed by atoms with Gasteiger partial charge in [0.2, 0.25) is 5.91 Å². The maximum atomic E-state index is 13.6. The van der Waals surface area contributed by atoms with E-state index in [4.69, 9.17) is 0 Å². The molecule has 0 bridgehead atoms. The van der Waals surface area contributed by atoms with Gasteiger partial charge in [-0.05, 0) is 56.9 Å². The number of carbonyl (C=O) groups excluding carboxylic acids is 3. The number of thioether (sulfide) groups is 1. The van der Waals surface area contributed by atoms with E-state index in [1.165, 1.54) is 37.1 Å². The lowest BCUT2D eigenvalue weighted by molar-refractivity contribution is -0.128. The lowest BCUT2D eigenvalue weighted by Crippen LogP contribution is -2.62. The standard InChI is InChI=1S/C28H36N6O3S/c1-2-22(35)33-14-6-9-18(16-33)31-26(36)25-24-23-21(11-13-30-27(23)38-25)34(28(37)32-24)19-10-12-29-20(15-19)17-7-4-3-5-8-17/h2,10,12,15,17-18,21,23,27,30H,1,3-9,11,13-14,16H2,(H,31,36)(H,32,37)/t18-,21?,23?,27?/m1/s1. The molecule has 3 N–H and O–H groups in total. The van der Waals surface area contributed by atoms with Crippen LogP contribution in [0.15, 0.2) is 41.6 Å². The molecule has 1 aromatic heterocycles. The predicted molar refractivity (Wildman–Crippen MR) is 147 cm³/mol. The second kappa shape index (κ2) is 10.7. The molecule has 10 heteroatoms. The van der Waals surface area contributed by atoms with Crippen LogP contribution in [0.1, 0.15) is 63.0 Å². The number of aromatic nitrogens is 1. The number of piperidine rings is 2. The van der Waals surface area contributed by atoms with Gasteiger partial charge in [0, 0.05) is 54.2 Å². The molecule has 0 spiro atoms. The SMILES string of the molecule is C=CC(=O)N1CCC[C@@H](NC(=O)C2=C3NC(=O)N(c4ccnc(C5CCCCC5)c4)C4CCNC(S2)C34)C1. The van der Waals surface area contributed by atoms with Crippen LogP contribution in [-0.2, 0) is 9.59 Å². The van der Waals surface area contributed by atoms with Crippen LogP contribution in [0.3, 0.4) is 0 Å². The molecule has 0 radical (unpaired) electrons. The van der Waals surface area contributed by atoms with Crippen molar-refractivity contribution in [2.45, 2.75) is 74.7 Å². The first kappa shape index (κ1) is 25.4. The van der Waals surface area contributed by atoms with E-state index in [2.05, 4.69) is 33.6 Å². The number of urea groups is 1. The number of rotatable bonds is 5. The van der Waals surface area contributed by atoms with Gasteiger partial charge in [-0.2, -0.15) is 0 Å². The van der Waals surface area contributed by atoms with Gasteiger partial charge >= 0.3 is 6.03 Å². The van der Waals surface area contributed by atoms with Crippen molar-refractivity contribution < 1.29 is 14.4 Å². The zero-order chi connectivity index (χ0) is 26.2. The summed E-state index contributed by atoms with van der Waals surface area (Å²) in [5, 5.41) is 9.83. The van der Waals surface area contributed by atoms with Crippen molar-refractivity contribution in [3.63, 3.8) is 0 Å². The molecule has 4 atom stereocenters. The second-order valence-corrected chi connectivity index (χ2v) is 12.1. The van der Waals surface area contributed by atoms with Gasteiger partial charge in [-0.1, -0.05) is 37.6 Å². The fourth-order valence-corrected chi connectivity index (χ4v) is 8.21. The van der Waals surface area contributed by atoms with Crippen molar-refractivity contribution in [1.82, 2.24) is 25.8 Å². The van der Waals surface area contributed by atoms with Gasteiger partial charge in [0.25, 0.3) is 5.91 Å². The highest BCUT2D eigenvalue weighted by Crippen LogP contribution is 2.48.